The average Bonchev–Trinajstić information content (AvgIpc) is 3.33. The summed E-state index contributed by atoms with van der Waals surface area (Å²) in [5.74, 6) is -1.65. The number of quaternary nitrogens is 1. The summed E-state index contributed by atoms with van der Waals surface area (Å²) in [6.07, 6.45) is 77.1. The number of carboxylic acids is 1. The Morgan fingerprint density at radius 1 is 0.429 bits per heavy atom. The average molecular weight is 965 g/mol. The van der Waals surface area contributed by atoms with Gasteiger partial charge in [-0.1, -0.05) is 184 Å². The Morgan fingerprint density at radius 3 is 1.03 bits per heavy atom. The second kappa shape index (κ2) is 50.1. The molecule has 8 nitrogen and oxygen atoms in total. The Morgan fingerprint density at radius 2 is 0.729 bits per heavy atom. The largest absolute Gasteiger partial charge is 0.477 e. The summed E-state index contributed by atoms with van der Waals surface area (Å²) in [5.41, 5.74) is 0. The highest BCUT2D eigenvalue weighted by Crippen LogP contribution is 2.11. The lowest BCUT2D eigenvalue weighted by Gasteiger charge is -2.31. The Kier molecular flexibility index (Phi) is 46.3. The molecule has 8 heteroatoms. The van der Waals surface area contributed by atoms with Crippen LogP contribution in [0.15, 0.2) is 170 Å². The van der Waals surface area contributed by atoms with Gasteiger partial charge in [-0.05, 0) is 116 Å². The fourth-order valence-electron chi connectivity index (χ4n) is 6.42. The number of nitrogens with zero attached hydrogens (tertiary/aromatic N) is 1. The third kappa shape index (κ3) is 47.7. The molecular formula is C62H94NO7+. The van der Waals surface area contributed by atoms with Crippen LogP contribution in [0.4, 0.5) is 0 Å². The van der Waals surface area contributed by atoms with Gasteiger partial charge in [-0.25, -0.2) is 4.79 Å². The number of likely N-dealkylation sites (N-methyl/N-ethyl adjacent to an activating group) is 1. The molecule has 0 rings (SSSR count). The molecule has 2 atom stereocenters. The third-order valence-corrected chi connectivity index (χ3v) is 10.4. The number of ether oxygens (including phenoxy) is 3. The highest BCUT2D eigenvalue weighted by Gasteiger charge is 2.31. The predicted molar refractivity (Wildman–Crippen MR) is 297 cm³/mol. The van der Waals surface area contributed by atoms with E-state index in [4.69, 9.17) is 14.2 Å². The second-order valence-corrected chi connectivity index (χ2v) is 17.7. The fraction of sp³-hybridized carbons (Fsp3) is 0.500. The number of hydrogen-bond donors (Lipinski definition) is 1. The van der Waals surface area contributed by atoms with Gasteiger partial charge in [0.15, 0.2) is 12.1 Å². The molecule has 0 aliphatic carbocycles. The van der Waals surface area contributed by atoms with Crippen LogP contribution in [0, 0.1) is 0 Å². The molecule has 2 unspecified atom stereocenters. The lowest BCUT2D eigenvalue weighted by molar-refractivity contribution is -0.887. The number of esters is 2. The van der Waals surface area contributed by atoms with E-state index in [0.29, 0.717) is 12.8 Å². The van der Waals surface area contributed by atoms with Gasteiger partial charge in [-0.3, -0.25) is 9.59 Å². The molecule has 0 fully saturated rings. The Bertz CT molecular complexity index is 1740. The van der Waals surface area contributed by atoms with Gasteiger partial charge in [0.1, 0.15) is 6.61 Å². The quantitative estimate of drug-likeness (QED) is 0.0281. The van der Waals surface area contributed by atoms with Crippen LogP contribution in [0.2, 0.25) is 0 Å². The van der Waals surface area contributed by atoms with Crippen LogP contribution < -0.4 is 0 Å². The van der Waals surface area contributed by atoms with E-state index in [9.17, 15) is 19.5 Å². The van der Waals surface area contributed by atoms with Crippen molar-refractivity contribution in [1.82, 2.24) is 0 Å². The molecule has 0 heterocycles. The van der Waals surface area contributed by atoms with Crippen molar-refractivity contribution < 1.29 is 38.2 Å². The van der Waals surface area contributed by atoms with E-state index < -0.39 is 18.1 Å². The summed E-state index contributed by atoms with van der Waals surface area (Å²) < 4.78 is 17.2. The van der Waals surface area contributed by atoms with Crippen molar-refractivity contribution in [3.05, 3.63) is 170 Å². The first-order valence-corrected chi connectivity index (χ1v) is 26.2. The number of rotatable bonds is 44. The van der Waals surface area contributed by atoms with Gasteiger partial charge in [-0.15, -0.1) is 0 Å². The first-order chi connectivity index (χ1) is 34.1. The summed E-state index contributed by atoms with van der Waals surface area (Å²) in [7, 11) is 5.48. The summed E-state index contributed by atoms with van der Waals surface area (Å²) in [6.45, 7) is 4.35. The van der Waals surface area contributed by atoms with Gasteiger partial charge in [0.2, 0.25) is 0 Å². The molecule has 0 radical (unpaired) electrons. The molecule has 0 aromatic heterocycles. The normalized spacial score (nSPS) is 14.2. The van der Waals surface area contributed by atoms with E-state index in [-0.39, 0.29) is 55.5 Å². The molecule has 0 saturated heterocycles. The van der Waals surface area contributed by atoms with Crippen molar-refractivity contribution in [2.45, 2.75) is 161 Å². The lowest BCUT2D eigenvalue weighted by atomic mass is 10.1. The zero-order chi connectivity index (χ0) is 51.3. The second-order valence-electron chi connectivity index (χ2n) is 17.7. The summed E-state index contributed by atoms with van der Waals surface area (Å²) in [4.78, 5) is 37.2. The van der Waals surface area contributed by atoms with Crippen LogP contribution in [0.1, 0.15) is 149 Å². The highest BCUT2D eigenvalue weighted by atomic mass is 16.6. The van der Waals surface area contributed by atoms with E-state index in [1.807, 2.05) is 21.1 Å². The van der Waals surface area contributed by atoms with Gasteiger partial charge in [0.25, 0.3) is 0 Å². The van der Waals surface area contributed by atoms with Crippen LogP contribution in [0.25, 0.3) is 0 Å². The zero-order valence-electron chi connectivity index (χ0n) is 44.1. The smallest absolute Gasteiger partial charge is 0.362 e. The van der Waals surface area contributed by atoms with Gasteiger partial charge >= 0.3 is 17.9 Å². The van der Waals surface area contributed by atoms with Crippen LogP contribution in [-0.2, 0) is 28.6 Å². The number of carbonyl (C=O) groups excluding carboxylic acids is 2. The SMILES string of the molecule is CC/C=C/C/C=C/C/C=C/C/C=C/C/C=C/C/C=C/C/C=C/CCCC(=O)OCC(COCCC(C(=O)O)[N+](C)(C)C)OC(=O)CCC/C=C/C/C=C/C/C=C/C/C=C/C/C=C/C/C=C/C/C=C/CC. The minimum atomic E-state index is -0.900. The molecule has 388 valence electrons. The van der Waals surface area contributed by atoms with Crippen LogP contribution in [0.5, 0.6) is 0 Å². The predicted octanol–water partition coefficient (Wildman–Crippen LogP) is 15.6. The van der Waals surface area contributed by atoms with Gasteiger partial charge < -0.3 is 23.8 Å². The Labute approximate surface area is 426 Å². The van der Waals surface area contributed by atoms with Crippen molar-refractivity contribution in [2.24, 2.45) is 0 Å². The van der Waals surface area contributed by atoms with Crippen molar-refractivity contribution >= 4 is 17.9 Å². The highest BCUT2D eigenvalue weighted by molar-refractivity contribution is 5.72. The van der Waals surface area contributed by atoms with Gasteiger partial charge in [-0.2, -0.15) is 0 Å². The van der Waals surface area contributed by atoms with E-state index in [1.54, 1.807) is 0 Å². The number of hydrogen-bond acceptors (Lipinski definition) is 6. The van der Waals surface area contributed by atoms with Crippen molar-refractivity contribution in [2.75, 3.05) is 41.0 Å². The Hall–Kier alpha value is -5.31. The molecule has 0 aliphatic rings. The van der Waals surface area contributed by atoms with Crippen molar-refractivity contribution in [3.8, 4) is 0 Å². The monoisotopic (exact) mass is 965 g/mol. The van der Waals surface area contributed by atoms with E-state index in [1.165, 1.54) is 0 Å². The van der Waals surface area contributed by atoms with Crippen LogP contribution in [-0.4, -0.2) is 80.6 Å². The maximum Gasteiger partial charge on any atom is 0.362 e. The number of allylic oxidation sites excluding steroid dienone is 28. The minimum absolute atomic E-state index is 0.00565. The standard InChI is InChI=1S/C62H93NO7/c1-6-8-10-12-14-16-18-20-22-24-26-28-30-32-34-36-38-40-42-44-46-48-50-52-60(64)69-57-58(56-68-55-54-59(62(66)67)63(3,4)5)70-61(65)53-51-49-47-45-43-41-39-37-35-33-31-29-27-25-23-21-19-17-15-13-11-9-7-2/h8-11,14-17,20-23,26-29,32-35,38-41,44-47,58-59H,6-7,12-13,18-19,24-25,30-31,36-37,42-43,48-57H2,1-5H3/p+1/b10-8+,11-9+,16-14+,17-15+,22-20+,23-21+,28-26+,29-27+,34-32+,35-33+,40-38+,41-39+,46-44+,47-45+. The lowest BCUT2D eigenvalue weighted by Crippen LogP contribution is -2.50. The van der Waals surface area contributed by atoms with E-state index >= 15 is 0 Å². The molecule has 0 saturated carbocycles. The zero-order valence-corrected chi connectivity index (χ0v) is 44.1. The summed E-state index contributed by atoms with van der Waals surface area (Å²) in [5, 5.41) is 9.66. The summed E-state index contributed by atoms with van der Waals surface area (Å²) in [6, 6.07) is -0.647. The first-order valence-electron chi connectivity index (χ1n) is 26.2. The number of carbonyl (C=O) groups is 3. The van der Waals surface area contributed by atoms with E-state index in [2.05, 4.69) is 184 Å². The summed E-state index contributed by atoms with van der Waals surface area (Å²) >= 11 is 0. The first kappa shape index (κ1) is 64.7. The molecule has 0 amide bonds. The van der Waals surface area contributed by atoms with Crippen LogP contribution >= 0.6 is 0 Å². The molecule has 0 spiro atoms. The molecule has 0 bridgehead atoms. The molecule has 0 aliphatic heterocycles. The van der Waals surface area contributed by atoms with Crippen molar-refractivity contribution in [1.29, 1.82) is 0 Å². The van der Waals surface area contributed by atoms with E-state index in [0.717, 1.165) is 103 Å². The third-order valence-electron chi connectivity index (χ3n) is 10.4. The molecule has 0 aromatic rings. The molecular weight excluding hydrogens is 871 g/mol. The van der Waals surface area contributed by atoms with Crippen molar-refractivity contribution in [3.63, 3.8) is 0 Å². The molecule has 1 N–H and O–H groups in total. The Balaban J connectivity index is 4.50. The fourth-order valence-corrected chi connectivity index (χ4v) is 6.42. The number of carboxylic acid groups (broad SMARTS) is 1. The van der Waals surface area contributed by atoms with Crippen LogP contribution in [0.3, 0.4) is 0 Å². The molecule has 70 heavy (non-hydrogen) atoms. The maximum absolute atomic E-state index is 12.8. The minimum Gasteiger partial charge on any atom is -0.477 e. The number of unbranched alkanes of at least 4 members (excludes halogenated alkanes) is 2. The van der Waals surface area contributed by atoms with Gasteiger partial charge in [0.05, 0.1) is 34.4 Å². The van der Waals surface area contributed by atoms with Gasteiger partial charge in [0, 0.05) is 19.3 Å². The maximum atomic E-state index is 12.8. The molecule has 0 aromatic carbocycles. The number of aliphatic carboxylic acids is 1. The topological polar surface area (TPSA) is 99.1 Å².